The largest absolute Gasteiger partial charge is 0.345 e. The highest BCUT2D eigenvalue weighted by atomic mass is 127. The van der Waals surface area contributed by atoms with Crippen molar-refractivity contribution < 1.29 is 4.79 Å². The van der Waals surface area contributed by atoms with Gasteiger partial charge in [-0.25, -0.2) is 0 Å². The van der Waals surface area contributed by atoms with Crippen molar-refractivity contribution in [2.75, 3.05) is 5.32 Å². The van der Waals surface area contributed by atoms with E-state index in [1.165, 1.54) is 0 Å². The Kier molecular flexibility index (Phi) is 3.53. The van der Waals surface area contributed by atoms with Crippen LogP contribution in [0, 0.1) is 9.49 Å². The summed E-state index contributed by atoms with van der Waals surface area (Å²) in [4.78, 5) is 22.7. The summed E-state index contributed by atoms with van der Waals surface area (Å²) < 4.78 is 0.948. The van der Waals surface area contributed by atoms with Crippen molar-refractivity contribution >= 4 is 57.1 Å². The van der Waals surface area contributed by atoms with E-state index in [1.807, 2.05) is 0 Å². The molecule has 90 valence electrons. The zero-order valence-corrected chi connectivity index (χ0v) is 12.1. The van der Waals surface area contributed by atoms with Crippen molar-refractivity contribution in [3.8, 4) is 0 Å². The third-order valence-corrected chi connectivity index (χ3v) is 3.32. The molecule has 2 N–H and O–H groups in total. The highest BCUT2D eigenvalue weighted by molar-refractivity contribution is 14.1. The van der Waals surface area contributed by atoms with E-state index in [0.717, 1.165) is 8.96 Å². The number of carbonyl (C=O) groups excluding carboxylic acids is 1. The summed E-state index contributed by atoms with van der Waals surface area (Å²) in [5.74, 6) is -0.0435. The zero-order valence-electron chi connectivity index (χ0n) is 9.21. The molecular weight excluding hydrogens is 354 g/mol. The van der Waals surface area contributed by atoms with Crippen LogP contribution >= 0.6 is 34.2 Å². The number of aromatic amines is 1. The first-order chi connectivity index (χ1) is 7.99. The number of rotatable bonds is 2. The van der Waals surface area contributed by atoms with Crippen LogP contribution in [0.2, 0.25) is 5.15 Å². The molecule has 0 aliphatic carbocycles. The van der Waals surface area contributed by atoms with Gasteiger partial charge in [-0.15, -0.1) is 0 Å². The van der Waals surface area contributed by atoms with Gasteiger partial charge in [-0.3, -0.25) is 10.1 Å². The molecule has 0 unspecified atom stereocenters. The molecule has 2 heterocycles. The maximum Gasteiger partial charge on any atom is 0.232 e. The summed E-state index contributed by atoms with van der Waals surface area (Å²) in [6.07, 6.45) is 1.79. The molecule has 0 aromatic carbocycles. The number of hydrogen-bond donors (Lipinski definition) is 2. The van der Waals surface area contributed by atoms with Crippen molar-refractivity contribution in [3.05, 3.63) is 14.9 Å². The third kappa shape index (κ3) is 2.52. The summed E-state index contributed by atoms with van der Waals surface area (Å²) in [6, 6.07) is 0. The minimum Gasteiger partial charge on any atom is -0.345 e. The van der Waals surface area contributed by atoms with Gasteiger partial charge < -0.3 is 4.98 Å². The molecule has 2 aromatic rings. The van der Waals surface area contributed by atoms with Gasteiger partial charge in [0.05, 0.1) is 5.39 Å². The quantitative estimate of drug-likeness (QED) is 0.636. The molecule has 17 heavy (non-hydrogen) atoms. The van der Waals surface area contributed by atoms with Crippen LogP contribution in [0.5, 0.6) is 0 Å². The zero-order chi connectivity index (χ0) is 12.6. The van der Waals surface area contributed by atoms with E-state index in [9.17, 15) is 4.79 Å². The van der Waals surface area contributed by atoms with E-state index in [1.54, 1.807) is 20.0 Å². The average molecular weight is 365 g/mol. The fourth-order valence-corrected chi connectivity index (χ4v) is 2.36. The lowest BCUT2D eigenvalue weighted by atomic mass is 10.2. The Balaban J connectivity index is 2.41. The van der Waals surface area contributed by atoms with E-state index in [0.29, 0.717) is 10.8 Å². The molecule has 2 aromatic heterocycles. The van der Waals surface area contributed by atoms with Crippen LogP contribution in [0.4, 0.5) is 5.95 Å². The number of halogens is 2. The Hall–Kier alpha value is -0.890. The standard InChI is InChI=1S/C10H10ClIN4O/c1-4(2)9(17)16-10-14-7(11)6-5(12)3-13-8(6)15-10/h3-4H,1-2H3,(H2,13,14,15,16,17). The maximum atomic E-state index is 11.5. The topological polar surface area (TPSA) is 70.7 Å². The molecule has 0 bridgehead atoms. The highest BCUT2D eigenvalue weighted by Crippen LogP contribution is 2.26. The first-order valence-corrected chi connectivity index (χ1v) is 6.45. The Morgan fingerprint density at radius 3 is 2.88 bits per heavy atom. The Labute approximate surface area is 116 Å². The Morgan fingerprint density at radius 1 is 1.53 bits per heavy atom. The second-order valence-electron chi connectivity index (χ2n) is 3.84. The number of anilines is 1. The van der Waals surface area contributed by atoms with Crippen molar-refractivity contribution in [2.24, 2.45) is 5.92 Å². The number of fused-ring (bicyclic) bond motifs is 1. The van der Waals surface area contributed by atoms with E-state index >= 15 is 0 Å². The van der Waals surface area contributed by atoms with Crippen LogP contribution in [0.15, 0.2) is 6.20 Å². The van der Waals surface area contributed by atoms with Gasteiger partial charge >= 0.3 is 0 Å². The summed E-state index contributed by atoms with van der Waals surface area (Å²) in [5.41, 5.74) is 0.619. The van der Waals surface area contributed by atoms with Gasteiger partial charge in [0.15, 0.2) is 0 Å². The highest BCUT2D eigenvalue weighted by Gasteiger charge is 2.13. The minimum absolute atomic E-state index is 0.128. The van der Waals surface area contributed by atoms with Crippen LogP contribution in [-0.4, -0.2) is 20.9 Å². The van der Waals surface area contributed by atoms with E-state index < -0.39 is 0 Å². The molecule has 1 amide bonds. The molecule has 7 heteroatoms. The van der Waals surface area contributed by atoms with Crippen LogP contribution < -0.4 is 5.32 Å². The van der Waals surface area contributed by atoms with Crippen LogP contribution in [0.1, 0.15) is 13.8 Å². The van der Waals surface area contributed by atoms with E-state index in [4.69, 9.17) is 11.6 Å². The SMILES string of the molecule is CC(C)C(=O)Nc1nc(Cl)c2c(I)c[nH]c2n1. The average Bonchev–Trinajstić information content (AvgIpc) is 2.60. The molecule has 0 atom stereocenters. The molecule has 0 aliphatic rings. The van der Waals surface area contributed by atoms with Gasteiger partial charge in [0.25, 0.3) is 0 Å². The lowest BCUT2D eigenvalue weighted by Crippen LogP contribution is -2.19. The molecular formula is C10H10ClIN4O. The maximum absolute atomic E-state index is 11.5. The monoisotopic (exact) mass is 364 g/mol. The first-order valence-electron chi connectivity index (χ1n) is 5.00. The molecule has 0 spiro atoms. The molecule has 0 radical (unpaired) electrons. The van der Waals surface area contributed by atoms with Gasteiger partial charge in [-0.2, -0.15) is 9.97 Å². The molecule has 0 aliphatic heterocycles. The third-order valence-electron chi connectivity index (χ3n) is 2.20. The lowest BCUT2D eigenvalue weighted by Gasteiger charge is -2.06. The van der Waals surface area contributed by atoms with Crippen molar-refractivity contribution in [1.29, 1.82) is 0 Å². The normalized spacial score (nSPS) is 11.1. The number of carbonyl (C=O) groups is 1. The number of hydrogen-bond acceptors (Lipinski definition) is 3. The fourth-order valence-electron chi connectivity index (χ4n) is 1.26. The predicted molar refractivity (Wildman–Crippen MR) is 75.1 cm³/mol. The van der Waals surface area contributed by atoms with Gasteiger partial charge in [0.2, 0.25) is 11.9 Å². The number of H-pyrrole nitrogens is 1. The van der Waals surface area contributed by atoms with Crippen molar-refractivity contribution in [1.82, 2.24) is 15.0 Å². The molecule has 2 rings (SSSR count). The Bertz CT molecular complexity index is 581. The first kappa shape index (κ1) is 12.6. The van der Waals surface area contributed by atoms with Crippen molar-refractivity contribution in [3.63, 3.8) is 0 Å². The van der Waals surface area contributed by atoms with Crippen LogP contribution in [0.25, 0.3) is 11.0 Å². The summed E-state index contributed by atoms with van der Waals surface area (Å²) in [5, 5.41) is 3.72. The number of nitrogens with one attached hydrogen (secondary N) is 2. The molecule has 0 fully saturated rings. The molecule has 0 saturated heterocycles. The van der Waals surface area contributed by atoms with Gasteiger partial charge in [-0.1, -0.05) is 25.4 Å². The second-order valence-corrected chi connectivity index (χ2v) is 5.36. The van der Waals surface area contributed by atoms with Crippen LogP contribution in [0.3, 0.4) is 0 Å². The molecule has 0 saturated carbocycles. The molecule has 5 nitrogen and oxygen atoms in total. The Morgan fingerprint density at radius 2 is 2.24 bits per heavy atom. The number of amides is 1. The van der Waals surface area contributed by atoms with E-state index in [-0.39, 0.29) is 17.8 Å². The number of nitrogens with zero attached hydrogens (tertiary/aromatic N) is 2. The summed E-state index contributed by atoms with van der Waals surface area (Å²) >= 11 is 8.19. The predicted octanol–water partition coefficient (Wildman–Crippen LogP) is 2.81. The van der Waals surface area contributed by atoms with Gasteiger partial charge in [0, 0.05) is 15.7 Å². The van der Waals surface area contributed by atoms with Gasteiger partial charge in [-0.05, 0) is 22.6 Å². The lowest BCUT2D eigenvalue weighted by molar-refractivity contribution is -0.118. The smallest absolute Gasteiger partial charge is 0.232 e. The van der Waals surface area contributed by atoms with E-state index in [2.05, 4.69) is 42.9 Å². The van der Waals surface area contributed by atoms with Crippen molar-refractivity contribution in [2.45, 2.75) is 13.8 Å². The summed E-state index contributed by atoms with van der Waals surface area (Å²) in [7, 11) is 0. The second kappa shape index (κ2) is 4.77. The minimum atomic E-state index is -0.137. The van der Waals surface area contributed by atoms with Crippen LogP contribution in [-0.2, 0) is 4.79 Å². The fraction of sp³-hybridized carbons (Fsp3) is 0.300. The van der Waals surface area contributed by atoms with Gasteiger partial charge in [0.1, 0.15) is 10.8 Å². The summed E-state index contributed by atoms with van der Waals surface area (Å²) in [6.45, 7) is 3.60. The number of aromatic nitrogens is 3.